The number of alkyl halides is 1. The fourth-order valence-corrected chi connectivity index (χ4v) is 0. The number of hydrogen-bond acceptors (Lipinski definition) is 0. The lowest BCUT2D eigenvalue weighted by Gasteiger charge is -2.16. The molecule has 0 aliphatic carbocycles. The molecule has 0 nitrogen and oxygen atoms in total. The molecule has 0 heterocycles. The summed E-state index contributed by atoms with van der Waals surface area (Å²) in [7, 11) is 0. The smallest absolute Gasteiger partial charge is 0.00160 e. The van der Waals surface area contributed by atoms with Gasteiger partial charge in [0.05, 0.1) is 0 Å². The zero-order valence-electron chi connectivity index (χ0n) is 4.66. The molecule has 0 rings (SSSR count). The van der Waals surface area contributed by atoms with Crippen molar-refractivity contribution < 1.29 is 0 Å². The lowest BCUT2D eigenvalue weighted by Crippen LogP contribution is -2.21. The summed E-state index contributed by atoms with van der Waals surface area (Å²) >= 11 is 2.42. The monoisotopic (exact) mass is 197 g/mol. The predicted molar refractivity (Wildman–Crippen MR) is 42.2 cm³/mol. The Labute approximate surface area is 53.8 Å². The van der Waals surface area contributed by atoms with E-state index in [1.807, 2.05) is 0 Å². The maximum absolute atomic E-state index is 2.42. The third kappa shape index (κ3) is 4.79. The molecule has 0 aliphatic heterocycles. The van der Waals surface area contributed by atoms with Crippen LogP contribution in [0.2, 0.25) is 20.5 Å². The Morgan fingerprint density at radius 2 is 1.50 bits per heavy atom. The third-order valence-electron chi connectivity index (χ3n) is 0.463. The highest BCUT2D eigenvalue weighted by Crippen LogP contribution is 2.02. The van der Waals surface area contributed by atoms with Gasteiger partial charge in [0.2, 0.25) is 0 Å². The lowest BCUT2D eigenvalue weighted by atomic mass is 9.32. The maximum atomic E-state index is 2.42. The molecule has 0 N–H and O–H groups in total. The highest BCUT2D eigenvalue weighted by atomic mass is 127. The quantitative estimate of drug-likeness (QED) is 0.343. The van der Waals surface area contributed by atoms with E-state index < -0.39 is 0 Å². The summed E-state index contributed by atoms with van der Waals surface area (Å²) in [5.74, 6) is 0. The molecule has 0 aromatic heterocycles. The molecular weight excluding hydrogens is 186 g/mol. The summed E-state index contributed by atoms with van der Waals surface area (Å²) in [6.07, 6.45) is 0.000556. The largest absolute Gasteiger partial charge is 0.190 e. The Kier molecular flexibility index (Phi) is 2.48. The van der Waals surface area contributed by atoms with Gasteiger partial charge in [-0.1, -0.05) is 0 Å². The molecular formula is C4H11BI-. The minimum Gasteiger partial charge on any atom is -0.190 e. The Hall–Kier alpha value is 0.795. The predicted octanol–water partition coefficient (Wildman–Crippen LogP) is 2.30. The summed E-state index contributed by atoms with van der Waals surface area (Å²) < 4.78 is 1.30. The molecule has 0 amide bonds. The van der Waals surface area contributed by atoms with Crippen molar-refractivity contribution in [2.24, 2.45) is 0 Å². The van der Waals surface area contributed by atoms with Crippen LogP contribution in [0.15, 0.2) is 0 Å². The van der Waals surface area contributed by atoms with E-state index in [0.29, 0.717) is 0 Å². The van der Waals surface area contributed by atoms with Crippen molar-refractivity contribution >= 4 is 28.7 Å². The third-order valence-corrected chi connectivity index (χ3v) is 3.11. The van der Waals surface area contributed by atoms with Crippen LogP contribution >= 0.6 is 22.6 Å². The zero-order valence-corrected chi connectivity index (χ0v) is 6.82. The molecule has 6 heavy (non-hydrogen) atoms. The van der Waals surface area contributed by atoms with Crippen molar-refractivity contribution in [3.05, 3.63) is 0 Å². The molecule has 0 aromatic rings. The lowest BCUT2D eigenvalue weighted by molar-refractivity contribution is 1.70. The number of rotatable bonds is 1. The Morgan fingerprint density at radius 1 is 1.33 bits per heavy atom. The first kappa shape index (κ1) is 6.79. The van der Waals surface area contributed by atoms with Gasteiger partial charge in [-0.3, -0.25) is 0 Å². The Balaban J connectivity index is 3.17. The van der Waals surface area contributed by atoms with E-state index in [4.69, 9.17) is 0 Å². The van der Waals surface area contributed by atoms with Gasteiger partial charge >= 0.3 is 0 Å². The second-order valence-electron chi connectivity index (χ2n) is 3.11. The van der Waals surface area contributed by atoms with Gasteiger partial charge in [-0.15, -0.1) is 26.9 Å². The molecule has 0 atom stereocenters. The molecule has 0 aromatic carbocycles. The fourth-order valence-electron chi connectivity index (χ4n) is 0. The van der Waals surface area contributed by atoms with Gasteiger partial charge in [-0.05, 0) is 0 Å². The van der Waals surface area contributed by atoms with E-state index in [2.05, 4.69) is 43.1 Å². The van der Waals surface area contributed by atoms with Crippen molar-refractivity contribution in [2.75, 3.05) is 4.33 Å². The molecule has 0 saturated carbocycles. The SMILES string of the molecule is C[B-](C)(C)CI. The van der Waals surface area contributed by atoms with Crippen LogP contribution in [0, 0.1) is 0 Å². The summed E-state index contributed by atoms with van der Waals surface area (Å²) in [4.78, 5) is 0. The maximum Gasteiger partial charge on any atom is 0.00160 e. The van der Waals surface area contributed by atoms with Crippen LogP contribution in [-0.4, -0.2) is 10.5 Å². The molecule has 0 radical (unpaired) electrons. The van der Waals surface area contributed by atoms with Crippen LogP contribution in [0.3, 0.4) is 0 Å². The Morgan fingerprint density at radius 3 is 1.50 bits per heavy atom. The number of hydrogen-bond donors (Lipinski definition) is 0. The van der Waals surface area contributed by atoms with Gasteiger partial charge in [0.15, 0.2) is 0 Å². The van der Waals surface area contributed by atoms with E-state index in [1.54, 1.807) is 0 Å². The second-order valence-corrected chi connectivity index (χ2v) is 3.99. The second kappa shape index (κ2) is 2.19. The minimum absolute atomic E-state index is 0.000556. The summed E-state index contributed by atoms with van der Waals surface area (Å²) in [5, 5.41) is 0. The molecule has 0 saturated heterocycles. The summed E-state index contributed by atoms with van der Waals surface area (Å²) in [6, 6.07) is 0. The van der Waals surface area contributed by atoms with Crippen molar-refractivity contribution in [3.63, 3.8) is 0 Å². The summed E-state index contributed by atoms with van der Waals surface area (Å²) in [6.45, 7) is 6.89. The standard InChI is InChI=1S/C4H11BI/c1-5(2,3)4-6/h4H2,1-3H3/q-1. The summed E-state index contributed by atoms with van der Waals surface area (Å²) in [5.41, 5.74) is 0. The van der Waals surface area contributed by atoms with Crippen LogP contribution < -0.4 is 0 Å². The average molecular weight is 197 g/mol. The van der Waals surface area contributed by atoms with Crippen molar-refractivity contribution in [1.82, 2.24) is 0 Å². The van der Waals surface area contributed by atoms with E-state index >= 15 is 0 Å². The van der Waals surface area contributed by atoms with E-state index in [1.165, 1.54) is 4.33 Å². The first-order chi connectivity index (χ1) is 2.56. The van der Waals surface area contributed by atoms with Crippen molar-refractivity contribution in [3.8, 4) is 0 Å². The molecule has 2 heteroatoms. The molecule has 38 valence electrons. The van der Waals surface area contributed by atoms with E-state index in [0.717, 1.165) is 0 Å². The van der Waals surface area contributed by atoms with Crippen LogP contribution in [0.1, 0.15) is 0 Å². The van der Waals surface area contributed by atoms with Crippen molar-refractivity contribution in [1.29, 1.82) is 0 Å². The van der Waals surface area contributed by atoms with Crippen LogP contribution in [-0.2, 0) is 0 Å². The molecule has 0 spiro atoms. The fraction of sp³-hybridized carbons (Fsp3) is 1.00. The molecule has 0 fully saturated rings. The topological polar surface area (TPSA) is 0 Å². The van der Waals surface area contributed by atoms with E-state index in [-0.39, 0.29) is 6.15 Å². The van der Waals surface area contributed by atoms with Gasteiger partial charge in [0.25, 0.3) is 0 Å². The first-order valence-corrected chi connectivity index (χ1v) is 3.93. The zero-order chi connectivity index (χ0) is 5.21. The molecule has 0 unspecified atom stereocenters. The van der Waals surface area contributed by atoms with Gasteiger partial charge in [-0.2, -0.15) is 20.5 Å². The first-order valence-electron chi connectivity index (χ1n) is 2.41. The normalized spacial score (nSPS) is 12.0. The molecule has 0 bridgehead atoms. The number of halogens is 1. The van der Waals surface area contributed by atoms with Gasteiger partial charge in [0, 0.05) is 6.15 Å². The minimum atomic E-state index is 0.000556. The van der Waals surface area contributed by atoms with Gasteiger partial charge < -0.3 is 0 Å². The highest BCUT2D eigenvalue weighted by Gasteiger charge is 1.99. The van der Waals surface area contributed by atoms with Gasteiger partial charge in [-0.25, -0.2) is 0 Å². The van der Waals surface area contributed by atoms with Crippen LogP contribution in [0.25, 0.3) is 0 Å². The van der Waals surface area contributed by atoms with Crippen LogP contribution in [0.5, 0.6) is 0 Å². The highest BCUT2D eigenvalue weighted by molar-refractivity contribution is 14.1. The van der Waals surface area contributed by atoms with Crippen LogP contribution in [0.4, 0.5) is 0 Å². The Bertz CT molecular complexity index is 37.3. The van der Waals surface area contributed by atoms with Crippen molar-refractivity contribution in [2.45, 2.75) is 20.5 Å². The van der Waals surface area contributed by atoms with E-state index in [9.17, 15) is 0 Å². The van der Waals surface area contributed by atoms with Gasteiger partial charge in [0.1, 0.15) is 0 Å². The molecule has 0 aliphatic rings. The average Bonchev–Trinajstić information content (AvgIpc) is 1.35.